The number of aliphatic hydroxyl groups excluding tert-OH is 3. The van der Waals surface area contributed by atoms with E-state index in [2.05, 4.69) is 10.4 Å². The van der Waals surface area contributed by atoms with E-state index in [0.29, 0.717) is 5.56 Å². The molecule has 0 fully saturated rings. The van der Waals surface area contributed by atoms with Crippen LogP contribution in [-0.2, 0) is 23.8 Å². The molecule has 0 saturated heterocycles. The Hall–Kier alpha value is -5.94. The van der Waals surface area contributed by atoms with Gasteiger partial charge in [0.1, 0.15) is 29.5 Å². The Balaban J connectivity index is 1.71. The Bertz CT molecular complexity index is 2360. The number of benzene rings is 3. The van der Waals surface area contributed by atoms with Crippen LogP contribution in [0.2, 0.25) is 0 Å². The number of likely N-dealkylation sites (N-methyl/N-ethyl adjacent to an activating group) is 1. The molecule has 16 heteroatoms. The lowest BCUT2D eigenvalue weighted by atomic mass is 9.78. The van der Waals surface area contributed by atoms with Crippen molar-refractivity contribution in [1.82, 2.24) is 5.01 Å². The van der Waals surface area contributed by atoms with Crippen LogP contribution in [0.3, 0.4) is 0 Å². The molecule has 3 aliphatic rings. The van der Waals surface area contributed by atoms with Gasteiger partial charge in [0.05, 0.1) is 59.0 Å². The van der Waals surface area contributed by atoms with Gasteiger partial charge in [0, 0.05) is 68.2 Å². The van der Waals surface area contributed by atoms with Gasteiger partial charge in [-0.25, -0.2) is 0 Å². The molecule has 0 radical (unpaired) electrons. The van der Waals surface area contributed by atoms with Crippen molar-refractivity contribution in [3.05, 3.63) is 88.7 Å². The highest BCUT2D eigenvalue weighted by Crippen LogP contribution is 2.55. The second-order valence-corrected chi connectivity index (χ2v) is 17.0. The van der Waals surface area contributed by atoms with E-state index in [-0.39, 0.29) is 44.5 Å². The molecule has 0 saturated carbocycles. The number of hydrogen-bond donors (Lipinski definition) is 7. The molecule has 7 N–H and O–H groups in total. The first-order chi connectivity index (χ1) is 30.1. The summed E-state index contributed by atoms with van der Waals surface area (Å²) in [5, 5.41) is 77.8. The van der Waals surface area contributed by atoms with Crippen molar-refractivity contribution in [1.29, 1.82) is 0 Å². The van der Waals surface area contributed by atoms with Gasteiger partial charge in [0.25, 0.3) is 11.7 Å². The van der Waals surface area contributed by atoms with Crippen LogP contribution in [0.15, 0.2) is 71.6 Å². The fraction of sp³-hybridized carbons (Fsp3) is 0.458. The van der Waals surface area contributed by atoms with Crippen molar-refractivity contribution in [2.24, 2.45) is 28.8 Å². The number of carbonyl (C=O) groups is 3. The maximum absolute atomic E-state index is 14.5. The van der Waals surface area contributed by atoms with E-state index in [0.717, 1.165) is 6.21 Å². The first-order valence-corrected chi connectivity index (χ1v) is 21.2. The maximum atomic E-state index is 14.5. The molecule has 3 aromatic rings. The summed E-state index contributed by atoms with van der Waals surface area (Å²) in [6.45, 7) is 14.1. The third kappa shape index (κ3) is 9.60. The average molecular weight is 888 g/mol. The number of anilines is 1. The number of nitrogens with zero attached hydrogens (tertiary/aromatic N) is 2. The van der Waals surface area contributed by atoms with Gasteiger partial charge in [0.2, 0.25) is 0 Å². The van der Waals surface area contributed by atoms with Crippen LogP contribution in [0.5, 0.6) is 23.0 Å². The summed E-state index contributed by atoms with van der Waals surface area (Å²) in [4.78, 5) is 40.8. The molecular weight excluding hydrogens is 827 g/mol. The minimum absolute atomic E-state index is 0.0152. The second-order valence-electron chi connectivity index (χ2n) is 17.0. The minimum atomic E-state index is -2.09. The molecule has 1 amide bonds. The van der Waals surface area contributed by atoms with Gasteiger partial charge in [-0.2, -0.15) is 5.10 Å². The van der Waals surface area contributed by atoms with Crippen LogP contribution in [0.1, 0.15) is 88.5 Å². The number of phenolic OH excluding ortho intramolecular Hbond substituents is 3. The number of methoxy groups -OCH3 is 1. The minimum Gasteiger partial charge on any atom is -0.507 e. The third-order valence-corrected chi connectivity index (χ3v) is 12.6. The number of esters is 1. The Labute approximate surface area is 373 Å². The molecule has 6 rings (SSSR count). The van der Waals surface area contributed by atoms with E-state index in [1.807, 2.05) is 6.07 Å². The van der Waals surface area contributed by atoms with Crippen molar-refractivity contribution in [2.75, 3.05) is 19.5 Å². The zero-order chi connectivity index (χ0) is 47.5. The Morgan fingerprint density at radius 1 is 0.953 bits per heavy atom. The van der Waals surface area contributed by atoms with Crippen LogP contribution < -0.4 is 10.1 Å². The van der Waals surface area contributed by atoms with Crippen LogP contribution in [0, 0.1) is 30.6 Å². The number of fused-ring (bicyclic) bond motifs is 14. The molecular formula is C48H61N3O13. The number of carbonyl (C=O) groups excluding carboxylic acids is 3. The van der Waals surface area contributed by atoms with E-state index >= 15 is 0 Å². The van der Waals surface area contributed by atoms with Gasteiger partial charge < -0.3 is 54.9 Å². The van der Waals surface area contributed by atoms with Gasteiger partial charge in [-0.3, -0.25) is 19.4 Å². The number of aromatic hydroxyl groups is 3. The molecule has 0 spiro atoms. The number of Topliss-reactive ketones (excluding diaryl/α,β-unsaturated/α-hetero) is 1. The second kappa shape index (κ2) is 19.8. The van der Waals surface area contributed by atoms with Gasteiger partial charge >= 0.3 is 11.8 Å². The molecule has 0 aromatic heterocycles. The first kappa shape index (κ1) is 49.1. The number of hydrazone groups is 1. The number of phenols is 3. The molecule has 5 bridgehead atoms. The summed E-state index contributed by atoms with van der Waals surface area (Å²) in [5.41, 5.74) is -0.0862. The summed E-state index contributed by atoms with van der Waals surface area (Å²) < 4.78 is 23.6. The lowest BCUT2D eigenvalue weighted by Gasteiger charge is -2.38. The summed E-state index contributed by atoms with van der Waals surface area (Å²) >= 11 is 0. The highest BCUT2D eigenvalue weighted by molar-refractivity contribution is 6.23. The van der Waals surface area contributed by atoms with Crippen molar-refractivity contribution in [3.63, 3.8) is 0 Å². The predicted octanol–water partition coefficient (Wildman–Crippen LogP) is 6.14. The molecule has 3 aliphatic heterocycles. The van der Waals surface area contributed by atoms with E-state index in [1.54, 1.807) is 78.1 Å². The number of allylic oxidation sites excluding steroid dienone is 2. The maximum Gasteiger partial charge on any atom is 0.312 e. The van der Waals surface area contributed by atoms with Crippen LogP contribution in [0.25, 0.3) is 10.8 Å². The summed E-state index contributed by atoms with van der Waals surface area (Å²) in [5.74, 6) is -8.88. The van der Waals surface area contributed by atoms with Crippen LogP contribution in [0.4, 0.5) is 5.69 Å². The Morgan fingerprint density at radius 3 is 2.23 bits per heavy atom. The monoisotopic (exact) mass is 887 g/mol. The Morgan fingerprint density at radius 2 is 1.61 bits per heavy atom. The number of ether oxygens (including phenoxy) is 4. The predicted molar refractivity (Wildman–Crippen MR) is 240 cm³/mol. The lowest BCUT2D eigenvalue weighted by molar-refractivity contribution is -0.160. The smallest absolute Gasteiger partial charge is 0.312 e. The molecule has 16 nitrogen and oxygen atoms in total. The lowest BCUT2D eigenvalue weighted by Crippen LogP contribution is -2.46. The highest BCUT2D eigenvalue weighted by Gasteiger charge is 2.50. The molecule has 64 heavy (non-hydrogen) atoms. The molecule has 11 unspecified atom stereocenters. The standard InChI is InChI=1S/C48H61N3O13/c1-23-16-15-17-24(2)47(60)50-37-32(22-49-51(10)29(7)41(56)31-18-13-12-14-19-31)42(57)34-35(43(37)58)40(55)28(6)45-36(34)46(59)48(9,64-45)62-21-20-33(61-11)25(3)44(63-30(8)52)27(5)39(54)26(4)38(23)53/h12-23,25-27,29,33,38-39,41,44,53-58H,1-11H3,(H,50,60)/b16-15+,21-20+,24-17?,49-22+. The number of ketones is 1. The molecule has 3 heterocycles. The normalized spacial score (nSPS) is 28.8. The Kier molecular flexibility index (Phi) is 15.2. The quantitative estimate of drug-likeness (QED) is 0.0464. The molecule has 11 atom stereocenters. The number of amides is 1. The number of hydrogen-bond acceptors (Lipinski definition) is 15. The number of aliphatic hydroxyl groups is 3. The zero-order valence-corrected chi connectivity index (χ0v) is 38.1. The average Bonchev–Trinajstić information content (AvgIpc) is 3.53. The molecule has 346 valence electrons. The zero-order valence-electron chi connectivity index (χ0n) is 38.1. The van der Waals surface area contributed by atoms with Gasteiger partial charge in [-0.05, 0) is 32.4 Å². The van der Waals surface area contributed by atoms with Crippen molar-refractivity contribution in [3.8, 4) is 23.0 Å². The van der Waals surface area contributed by atoms with Gasteiger partial charge in [-0.1, -0.05) is 76.3 Å². The summed E-state index contributed by atoms with van der Waals surface area (Å²) in [6.07, 6.45) is 3.51. The number of rotatable bonds is 7. The van der Waals surface area contributed by atoms with E-state index < -0.39 is 101 Å². The largest absolute Gasteiger partial charge is 0.507 e. The topological polar surface area (TPSA) is 237 Å². The fourth-order valence-electron chi connectivity index (χ4n) is 8.26. The van der Waals surface area contributed by atoms with Gasteiger partial charge in [-0.15, -0.1) is 0 Å². The molecule has 0 aliphatic carbocycles. The van der Waals surface area contributed by atoms with E-state index in [1.165, 1.54) is 58.2 Å². The van der Waals surface area contributed by atoms with Crippen LogP contribution in [-0.4, -0.2) is 110 Å². The van der Waals surface area contributed by atoms with Crippen molar-refractivity contribution < 1.29 is 64.0 Å². The van der Waals surface area contributed by atoms with E-state index in [4.69, 9.17) is 18.9 Å². The molecule has 3 aromatic carbocycles. The number of nitrogens with one attached hydrogen (secondary N) is 1. The van der Waals surface area contributed by atoms with Crippen LogP contribution >= 0.6 is 0 Å². The third-order valence-electron chi connectivity index (χ3n) is 12.6. The van der Waals surface area contributed by atoms with Gasteiger partial charge in [0.15, 0.2) is 5.75 Å². The summed E-state index contributed by atoms with van der Waals surface area (Å²) in [7, 11) is 3.00. The highest BCUT2D eigenvalue weighted by atomic mass is 16.7. The van der Waals surface area contributed by atoms with Crippen molar-refractivity contribution >= 4 is 40.3 Å². The fourth-order valence-corrected chi connectivity index (χ4v) is 8.26. The first-order valence-electron chi connectivity index (χ1n) is 21.2. The van der Waals surface area contributed by atoms with Crippen molar-refractivity contribution in [2.45, 2.75) is 105 Å². The van der Waals surface area contributed by atoms with E-state index in [9.17, 15) is 45.0 Å². The SMILES string of the molecule is COC1/C=C/OC2(C)Oc3c(C)c(O)c4c(O)c(c(/C=N/N(C)C(C)C(O)c5ccccc5)c(O)c4c3C2=O)NC(=O)C(C)=C/C=C/C(C)C(O)C(C)C(O)C(C)C(OC(C)=O)C1C. The summed E-state index contributed by atoms with van der Waals surface area (Å²) in [6, 6.07) is 8.28.